The third-order valence-corrected chi connectivity index (χ3v) is 3.59. The van der Waals surface area contributed by atoms with Crippen molar-refractivity contribution in [3.05, 3.63) is 0 Å². The molecule has 0 bridgehead atoms. The molecule has 0 aromatic carbocycles. The Kier molecular flexibility index (Phi) is 11.1. The highest BCUT2D eigenvalue weighted by Crippen LogP contribution is 2.64. The van der Waals surface area contributed by atoms with Crippen LogP contribution in [0.1, 0.15) is 0 Å². The van der Waals surface area contributed by atoms with Gasteiger partial charge in [-0.2, -0.15) is 4.31 Å². The van der Waals surface area contributed by atoms with Crippen LogP contribution in [-0.2, 0) is 41.3 Å². The first-order valence-corrected chi connectivity index (χ1v) is 9.41. The van der Waals surface area contributed by atoms with Crippen molar-refractivity contribution in [1.82, 2.24) is 6.15 Å². The molecule has 0 fully saturated rings. The highest BCUT2D eigenvalue weighted by atomic mass is 31.3. The zero-order chi connectivity index (χ0) is 15.5. The van der Waals surface area contributed by atoms with Gasteiger partial charge in [-0.25, -0.2) is 18.3 Å². The van der Waals surface area contributed by atoms with Gasteiger partial charge in [0.2, 0.25) is 0 Å². The van der Waals surface area contributed by atoms with Crippen molar-refractivity contribution in [1.29, 1.82) is 0 Å². The molecule has 0 aliphatic rings. The Morgan fingerprint density at radius 1 is 0.571 bits per heavy atom. The van der Waals surface area contributed by atoms with Crippen LogP contribution < -0.4 is 6.15 Å². The fourth-order valence-electron chi connectivity index (χ4n) is 0.338. The highest BCUT2D eigenvalue weighted by molar-refractivity contribution is 7.61. The number of hydrogen-bond acceptors (Lipinski definition) is 10. The van der Waals surface area contributed by atoms with Crippen LogP contribution >= 0.6 is 31.3 Å². The van der Waals surface area contributed by atoms with Crippen molar-refractivity contribution in [2.24, 2.45) is 0 Å². The fourth-order valence-corrected chi connectivity index (χ4v) is 2.97. The molecule has 0 saturated carbocycles. The van der Waals surface area contributed by atoms with E-state index >= 15 is 0 Å². The standard InChI is InChI=1S/H3N.H6O15P4.H2O/c;1-16(2,3)11-13-19(10,15-18(7,8)9)14-12-17(4,5)6;/h1H3;(H2,1,2,3)(H2,4,5,6)(H2,7,8,9);1H2. The Labute approximate surface area is 114 Å². The van der Waals surface area contributed by atoms with Crippen molar-refractivity contribution in [3.8, 4) is 0 Å². The second-order valence-electron chi connectivity index (χ2n) is 2.30. The monoisotopic (exact) mass is 405 g/mol. The molecule has 0 unspecified atom stereocenters. The number of rotatable bonds is 8. The predicted molar refractivity (Wildman–Crippen MR) is 57.8 cm³/mol. The largest absolute Gasteiger partial charge is 0.539 e. The first-order chi connectivity index (χ1) is 8.12. The van der Waals surface area contributed by atoms with Crippen molar-refractivity contribution >= 4 is 31.3 Å². The zero-order valence-electron chi connectivity index (χ0n) is 9.35. The molecule has 0 atom stereocenters. The van der Waals surface area contributed by atoms with E-state index in [1.807, 2.05) is 0 Å². The molecule has 0 spiro atoms. The van der Waals surface area contributed by atoms with E-state index in [-0.39, 0.29) is 11.6 Å². The molecule has 0 aliphatic carbocycles. The lowest BCUT2D eigenvalue weighted by Gasteiger charge is -2.15. The molecule has 132 valence electrons. The van der Waals surface area contributed by atoms with Gasteiger partial charge in [0.25, 0.3) is 0 Å². The van der Waals surface area contributed by atoms with Gasteiger partial charge in [0.05, 0.1) is 0 Å². The second kappa shape index (κ2) is 8.88. The average Bonchev–Trinajstić information content (AvgIpc) is 2.07. The molecule has 0 saturated heterocycles. The molecule has 0 radical (unpaired) electrons. The van der Waals surface area contributed by atoms with E-state index in [2.05, 4.69) is 23.0 Å². The summed E-state index contributed by atoms with van der Waals surface area (Å²) in [5.41, 5.74) is 0. The summed E-state index contributed by atoms with van der Waals surface area (Å²) in [7, 11) is -22.3. The number of hydrogen-bond donors (Lipinski definition) is 7. The van der Waals surface area contributed by atoms with E-state index in [1.54, 1.807) is 0 Å². The summed E-state index contributed by atoms with van der Waals surface area (Å²) in [6, 6.07) is 0. The van der Waals surface area contributed by atoms with Gasteiger partial charge in [0.1, 0.15) is 0 Å². The molecular weight excluding hydrogens is 394 g/mol. The summed E-state index contributed by atoms with van der Waals surface area (Å²) < 4.78 is 57.8. The normalized spacial score (nSPS) is 13.2. The van der Waals surface area contributed by atoms with Crippen LogP contribution in [0.5, 0.6) is 0 Å². The van der Waals surface area contributed by atoms with E-state index in [0.717, 1.165) is 0 Å². The van der Waals surface area contributed by atoms with E-state index in [4.69, 9.17) is 29.4 Å². The van der Waals surface area contributed by atoms with Crippen molar-refractivity contribution < 1.29 is 76.1 Å². The lowest BCUT2D eigenvalue weighted by molar-refractivity contribution is -0.203. The Balaban J connectivity index is -0.00000162. The van der Waals surface area contributed by atoms with E-state index in [0.29, 0.717) is 0 Å². The lowest BCUT2D eigenvalue weighted by atomic mass is 14.0. The third kappa shape index (κ3) is 16.6. The van der Waals surface area contributed by atoms with Crippen LogP contribution in [0.25, 0.3) is 0 Å². The highest BCUT2D eigenvalue weighted by Gasteiger charge is 2.43. The SMILES string of the molecule is N.O.O=P(O)(O)OOP(=O)(OOP(=O)(O)O)OP(=O)(O)O. The maximum absolute atomic E-state index is 11.2. The molecule has 21 heavy (non-hydrogen) atoms. The molecule has 0 aromatic rings. The number of phosphoric acid groups is 4. The van der Waals surface area contributed by atoms with Crippen molar-refractivity contribution in [2.45, 2.75) is 0 Å². The van der Waals surface area contributed by atoms with Crippen LogP contribution in [0.4, 0.5) is 0 Å². The van der Waals surface area contributed by atoms with Gasteiger partial charge in [0, 0.05) is 0 Å². The molecule has 11 N–H and O–H groups in total. The average molecular weight is 405 g/mol. The molecule has 21 heteroatoms. The van der Waals surface area contributed by atoms with Gasteiger partial charge in [-0.1, -0.05) is 0 Å². The molecule has 0 aliphatic heterocycles. The van der Waals surface area contributed by atoms with Crippen LogP contribution in [0, 0.1) is 0 Å². The predicted octanol–water partition coefficient (Wildman–Crippen LogP) is -1.38. The van der Waals surface area contributed by atoms with Gasteiger partial charge in [0.15, 0.2) is 0 Å². The van der Waals surface area contributed by atoms with E-state index in [9.17, 15) is 18.3 Å². The van der Waals surface area contributed by atoms with Crippen LogP contribution in [0.3, 0.4) is 0 Å². The quantitative estimate of drug-likeness (QED) is 0.139. The molecule has 17 nitrogen and oxygen atoms in total. The summed E-state index contributed by atoms with van der Waals surface area (Å²) in [6.07, 6.45) is 0. The van der Waals surface area contributed by atoms with Gasteiger partial charge in [-0.3, -0.25) is 0 Å². The van der Waals surface area contributed by atoms with Gasteiger partial charge in [-0.05, 0) is 0 Å². The Morgan fingerprint density at radius 3 is 1.05 bits per heavy atom. The fraction of sp³-hybridized carbons (Fsp3) is 0. The lowest BCUT2D eigenvalue weighted by Crippen LogP contribution is -2.00. The van der Waals surface area contributed by atoms with Gasteiger partial charge in [-0.15, -0.1) is 18.7 Å². The molecular formula is H11NO16P4. The zero-order valence-corrected chi connectivity index (χ0v) is 12.9. The molecule has 0 rings (SSSR count). The minimum Gasteiger partial charge on any atom is -0.412 e. The molecule has 0 amide bonds. The Bertz CT molecular complexity index is 443. The minimum atomic E-state index is -5.73. The Hall–Kier alpha value is 0.400. The summed E-state index contributed by atoms with van der Waals surface area (Å²) in [6.45, 7) is 0. The van der Waals surface area contributed by atoms with Crippen molar-refractivity contribution in [3.63, 3.8) is 0 Å². The molecule has 0 aromatic heterocycles. The summed E-state index contributed by atoms with van der Waals surface area (Å²) >= 11 is 0. The van der Waals surface area contributed by atoms with E-state index < -0.39 is 31.3 Å². The van der Waals surface area contributed by atoms with E-state index in [1.165, 1.54) is 0 Å². The molecule has 0 heterocycles. The maximum Gasteiger partial charge on any atom is 0.539 e. The topological polar surface area (TPSA) is 302 Å². The first-order valence-electron chi connectivity index (χ1n) is 3.36. The summed E-state index contributed by atoms with van der Waals surface area (Å²) in [4.78, 5) is 49.1. The minimum absolute atomic E-state index is 0. The Morgan fingerprint density at radius 2 is 0.857 bits per heavy atom. The van der Waals surface area contributed by atoms with Crippen LogP contribution in [0.2, 0.25) is 0 Å². The van der Waals surface area contributed by atoms with Gasteiger partial charge >= 0.3 is 31.3 Å². The maximum atomic E-state index is 11.2. The smallest absolute Gasteiger partial charge is 0.412 e. The first kappa shape index (κ1) is 26.3. The van der Waals surface area contributed by atoms with Gasteiger partial charge < -0.3 is 41.0 Å². The van der Waals surface area contributed by atoms with Crippen LogP contribution in [-0.4, -0.2) is 34.8 Å². The van der Waals surface area contributed by atoms with Crippen molar-refractivity contribution in [2.75, 3.05) is 0 Å². The second-order valence-corrected chi connectivity index (χ2v) is 7.39. The summed E-state index contributed by atoms with van der Waals surface area (Å²) in [5.74, 6) is 0. The summed E-state index contributed by atoms with van der Waals surface area (Å²) in [5, 5.41) is 0. The third-order valence-electron chi connectivity index (χ3n) is 0.650. The van der Waals surface area contributed by atoms with Crippen LogP contribution in [0.15, 0.2) is 0 Å².